The second-order valence-corrected chi connectivity index (χ2v) is 5.88. The molecule has 0 radical (unpaired) electrons. The molecule has 0 amide bonds. The second-order valence-electron chi connectivity index (χ2n) is 5.88. The summed E-state index contributed by atoms with van der Waals surface area (Å²) in [5, 5.41) is 3.17. The van der Waals surface area contributed by atoms with Gasteiger partial charge in [0.05, 0.1) is 0 Å². The molecule has 3 heteroatoms. The third kappa shape index (κ3) is 4.43. The van der Waals surface area contributed by atoms with Gasteiger partial charge in [-0.05, 0) is 44.8 Å². The van der Waals surface area contributed by atoms with E-state index < -0.39 is 0 Å². The normalized spacial score (nSPS) is 11.9. The monoisotopic (exact) mass is 235 g/mol. The molecule has 0 saturated carbocycles. The SMILES string of the molecule is CNCCc1c(C)nc(CC(C)(C)C)nc1C. The number of likely N-dealkylation sites (N-methyl/N-ethyl adjacent to an activating group) is 1. The van der Waals surface area contributed by atoms with E-state index >= 15 is 0 Å². The van der Waals surface area contributed by atoms with Crippen LogP contribution in [0.15, 0.2) is 0 Å². The highest BCUT2D eigenvalue weighted by molar-refractivity contribution is 5.24. The maximum absolute atomic E-state index is 4.63. The van der Waals surface area contributed by atoms with Crippen molar-refractivity contribution >= 4 is 0 Å². The van der Waals surface area contributed by atoms with Crippen molar-refractivity contribution < 1.29 is 0 Å². The Balaban J connectivity index is 2.93. The van der Waals surface area contributed by atoms with E-state index in [4.69, 9.17) is 0 Å². The summed E-state index contributed by atoms with van der Waals surface area (Å²) in [5.74, 6) is 0.973. The first kappa shape index (κ1) is 14.1. The predicted molar refractivity (Wildman–Crippen MR) is 72.3 cm³/mol. The van der Waals surface area contributed by atoms with Crippen molar-refractivity contribution in [2.75, 3.05) is 13.6 Å². The number of aromatic nitrogens is 2. The van der Waals surface area contributed by atoms with Crippen molar-refractivity contribution in [1.29, 1.82) is 0 Å². The Morgan fingerprint density at radius 1 is 1.06 bits per heavy atom. The van der Waals surface area contributed by atoms with Crippen LogP contribution in [0.3, 0.4) is 0 Å². The van der Waals surface area contributed by atoms with Gasteiger partial charge in [-0.25, -0.2) is 9.97 Å². The van der Waals surface area contributed by atoms with Crippen LogP contribution < -0.4 is 5.32 Å². The molecule has 1 aromatic heterocycles. The Kier molecular flexibility index (Phi) is 4.63. The Bertz CT molecular complexity index is 355. The fraction of sp³-hybridized carbons (Fsp3) is 0.714. The molecule has 0 atom stereocenters. The molecule has 0 fully saturated rings. The first-order valence-electron chi connectivity index (χ1n) is 6.31. The Morgan fingerprint density at radius 2 is 1.59 bits per heavy atom. The molecule has 17 heavy (non-hydrogen) atoms. The van der Waals surface area contributed by atoms with Gasteiger partial charge in [0.15, 0.2) is 0 Å². The summed E-state index contributed by atoms with van der Waals surface area (Å²) in [7, 11) is 1.97. The molecule has 0 spiro atoms. The summed E-state index contributed by atoms with van der Waals surface area (Å²) in [4.78, 5) is 9.27. The first-order valence-corrected chi connectivity index (χ1v) is 6.31. The molecule has 0 bridgehead atoms. The zero-order valence-corrected chi connectivity index (χ0v) is 12.0. The van der Waals surface area contributed by atoms with E-state index in [-0.39, 0.29) is 5.41 Å². The van der Waals surface area contributed by atoms with Crippen LogP contribution in [0.1, 0.15) is 43.5 Å². The molecule has 1 heterocycles. The summed E-state index contributed by atoms with van der Waals surface area (Å²) < 4.78 is 0. The molecule has 0 aliphatic rings. The van der Waals surface area contributed by atoms with Gasteiger partial charge in [-0.2, -0.15) is 0 Å². The van der Waals surface area contributed by atoms with Gasteiger partial charge in [-0.15, -0.1) is 0 Å². The fourth-order valence-electron chi connectivity index (χ4n) is 1.97. The highest BCUT2D eigenvalue weighted by Gasteiger charge is 2.15. The molecule has 0 aliphatic heterocycles. The van der Waals surface area contributed by atoms with E-state index in [9.17, 15) is 0 Å². The molecule has 0 aliphatic carbocycles. The van der Waals surface area contributed by atoms with Crippen LogP contribution in [-0.2, 0) is 12.8 Å². The lowest BCUT2D eigenvalue weighted by Gasteiger charge is -2.18. The molecule has 1 N–H and O–H groups in total. The van der Waals surface area contributed by atoms with Gasteiger partial charge in [-0.1, -0.05) is 20.8 Å². The quantitative estimate of drug-likeness (QED) is 0.871. The smallest absolute Gasteiger partial charge is 0.129 e. The number of rotatable bonds is 4. The van der Waals surface area contributed by atoms with Crippen molar-refractivity contribution in [1.82, 2.24) is 15.3 Å². The summed E-state index contributed by atoms with van der Waals surface area (Å²) in [6.45, 7) is 11.8. The molecule has 0 unspecified atom stereocenters. The van der Waals surface area contributed by atoms with Gasteiger partial charge in [0.2, 0.25) is 0 Å². The van der Waals surface area contributed by atoms with Crippen molar-refractivity contribution in [3.63, 3.8) is 0 Å². The van der Waals surface area contributed by atoms with Crippen LogP contribution in [0.2, 0.25) is 0 Å². The number of hydrogen-bond donors (Lipinski definition) is 1. The van der Waals surface area contributed by atoms with E-state index in [1.807, 2.05) is 7.05 Å². The maximum Gasteiger partial charge on any atom is 0.129 e. The molecule has 3 nitrogen and oxygen atoms in total. The lowest BCUT2D eigenvalue weighted by atomic mass is 9.92. The van der Waals surface area contributed by atoms with Gasteiger partial charge in [0.1, 0.15) is 5.82 Å². The molecule has 1 aromatic rings. The van der Waals surface area contributed by atoms with Crippen molar-refractivity contribution in [2.45, 2.75) is 47.5 Å². The Hall–Kier alpha value is -0.960. The lowest BCUT2D eigenvalue weighted by molar-refractivity contribution is 0.399. The van der Waals surface area contributed by atoms with Gasteiger partial charge >= 0.3 is 0 Å². The standard InChI is InChI=1S/C14H25N3/c1-10-12(7-8-15-6)11(2)17-13(16-10)9-14(3,4)5/h15H,7-9H2,1-6H3. The number of hydrogen-bond acceptors (Lipinski definition) is 3. The summed E-state index contributed by atoms with van der Waals surface area (Å²) in [6, 6.07) is 0. The molecular weight excluding hydrogens is 210 g/mol. The predicted octanol–water partition coefficient (Wildman–Crippen LogP) is 2.44. The van der Waals surface area contributed by atoms with Crippen LogP contribution in [-0.4, -0.2) is 23.6 Å². The maximum atomic E-state index is 4.63. The summed E-state index contributed by atoms with van der Waals surface area (Å²) >= 11 is 0. The Morgan fingerprint density at radius 3 is 2.00 bits per heavy atom. The van der Waals surface area contributed by atoms with E-state index in [0.717, 1.165) is 36.6 Å². The largest absolute Gasteiger partial charge is 0.319 e. The molecular formula is C14H25N3. The third-order valence-corrected chi connectivity index (χ3v) is 2.78. The summed E-state index contributed by atoms with van der Waals surface area (Å²) in [6.07, 6.45) is 1.94. The minimum Gasteiger partial charge on any atom is -0.319 e. The average Bonchev–Trinajstić information content (AvgIpc) is 2.13. The molecule has 0 aromatic carbocycles. The first-order chi connectivity index (χ1) is 7.83. The number of nitrogens with one attached hydrogen (secondary N) is 1. The highest BCUT2D eigenvalue weighted by atomic mass is 14.9. The van der Waals surface area contributed by atoms with Gasteiger partial charge in [0, 0.05) is 17.8 Å². The van der Waals surface area contributed by atoms with Crippen LogP contribution in [0.4, 0.5) is 0 Å². The van der Waals surface area contributed by atoms with Gasteiger partial charge < -0.3 is 5.32 Å². The fourth-order valence-corrected chi connectivity index (χ4v) is 1.97. The number of nitrogens with zero attached hydrogens (tertiary/aromatic N) is 2. The average molecular weight is 235 g/mol. The van der Waals surface area contributed by atoms with Gasteiger partial charge in [-0.3, -0.25) is 0 Å². The molecule has 1 rings (SSSR count). The van der Waals surface area contributed by atoms with Crippen molar-refractivity contribution in [2.24, 2.45) is 5.41 Å². The third-order valence-electron chi connectivity index (χ3n) is 2.78. The van der Waals surface area contributed by atoms with E-state index in [2.05, 4.69) is 49.9 Å². The minimum absolute atomic E-state index is 0.241. The van der Waals surface area contributed by atoms with Gasteiger partial charge in [0.25, 0.3) is 0 Å². The van der Waals surface area contributed by atoms with E-state index in [1.165, 1.54) is 5.56 Å². The lowest BCUT2D eigenvalue weighted by Crippen LogP contribution is -2.17. The topological polar surface area (TPSA) is 37.8 Å². The second kappa shape index (κ2) is 5.58. The summed E-state index contributed by atoms with van der Waals surface area (Å²) in [5.41, 5.74) is 3.79. The van der Waals surface area contributed by atoms with Crippen molar-refractivity contribution in [3.8, 4) is 0 Å². The van der Waals surface area contributed by atoms with Crippen molar-refractivity contribution in [3.05, 3.63) is 22.8 Å². The zero-order valence-electron chi connectivity index (χ0n) is 12.0. The van der Waals surface area contributed by atoms with Crippen LogP contribution in [0.25, 0.3) is 0 Å². The highest BCUT2D eigenvalue weighted by Crippen LogP contribution is 2.20. The van der Waals surface area contributed by atoms with Crippen LogP contribution in [0, 0.1) is 19.3 Å². The van der Waals surface area contributed by atoms with E-state index in [0.29, 0.717) is 0 Å². The molecule has 0 saturated heterocycles. The zero-order chi connectivity index (χ0) is 13.1. The van der Waals surface area contributed by atoms with Crippen LogP contribution >= 0.6 is 0 Å². The minimum atomic E-state index is 0.241. The van der Waals surface area contributed by atoms with E-state index in [1.54, 1.807) is 0 Å². The number of aryl methyl sites for hydroxylation is 2. The Labute approximate surface area is 105 Å². The molecule has 96 valence electrons. The van der Waals surface area contributed by atoms with Crippen LogP contribution in [0.5, 0.6) is 0 Å².